The van der Waals surface area contributed by atoms with Crippen LogP contribution in [-0.2, 0) is 26.5 Å². The highest BCUT2D eigenvalue weighted by Gasteiger charge is 2.45. The number of nitrogens with one attached hydrogen (secondary N) is 1. The number of hydrogen-bond acceptors (Lipinski definition) is 3. The molecule has 27 heavy (non-hydrogen) atoms. The van der Waals surface area contributed by atoms with Gasteiger partial charge in [0.2, 0.25) is 11.8 Å². The Morgan fingerprint density at radius 2 is 1.81 bits per heavy atom. The maximum absolute atomic E-state index is 12.5. The molecule has 0 aromatic heterocycles. The lowest BCUT2D eigenvalue weighted by atomic mass is 10.1. The second kappa shape index (κ2) is 12.0. The molecule has 0 aliphatic carbocycles. The molecule has 1 aromatic rings. The van der Waals surface area contributed by atoms with Crippen LogP contribution in [0.3, 0.4) is 0 Å². The van der Waals surface area contributed by atoms with Crippen LogP contribution in [0.25, 0.3) is 0 Å². The Bertz CT molecular complexity index is 582. The number of likely N-dealkylation sites (tertiary alicyclic amines) is 1. The van der Waals surface area contributed by atoms with Crippen molar-refractivity contribution in [2.24, 2.45) is 0 Å². The summed E-state index contributed by atoms with van der Waals surface area (Å²) in [5.41, 5.74) is 0.985. The van der Waals surface area contributed by atoms with Crippen LogP contribution in [0.2, 0.25) is 0 Å². The number of rotatable bonds is 13. The van der Waals surface area contributed by atoms with Crippen LogP contribution >= 0.6 is 0 Å². The van der Waals surface area contributed by atoms with E-state index in [4.69, 9.17) is 0 Å². The summed E-state index contributed by atoms with van der Waals surface area (Å²) in [7, 11) is 0. The molecule has 1 fully saturated rings. The molecule has 2 amide bonds. The Labute approximate surface area is 166 Å². The average molecular weight is 393 g/mol. The quantitative estimate of drug-likeness (QED) is 0.318. The molecule has 2 rings (SSSR count). The number of carbonyl (C=O) groups excluding carboxylic acids is 2. The van der Waals surface area contributed by atoms with E-state index in [0.29, 0.717) is 12.3 Å². The minimum absolute atomic E-state index is 0.0144. The number of hydrogen-bond donors (Lipinski definition) is 1. The third kappa shape index (κ3) is 7.54. The van der Waals surface area contributed by atoms with E-state index in [1.807, 2.05) is 30.3 Å². The van der Waals surface area contributed by atoms with Gasteiger partial charge in [0.1, 0.15) is 12.3 Å². The van der Waals surface area contributed by atoms with E-state index in [-0.39, 0.29) is 30.2 Å². The third-order valence-corrected chi connectivity index (χ3v) is 6.53. The molecule has 1 heterocycles. The summed E-state index contributed by atoms with van der Waals surface area (Å²) in [5.74, 6) is 0.165. The number of carbonyl (C=O) groups is 2. The molecule has 6 heteroatoms. The van der Waals surface area contributed by atoms with Gasteiger partial charge < -0.3 is 9.87 Å². The van der Waals surface area contributed by atoms with Crippen LogP contribution < -0.4 is 5.32 Å². The molecular formula is C21H32N2O3S. The Hall–Kier alpha value is -1.53. The van der Waals surface area contributed by atoms with Gasteiger partial charge in [-0.15, -0.1) is 0 Å². The molecule has 1 N–H and O–H groups in total. The highest BCUT2D eigenvalue weighted by molar-refractivity contribution is 7.91. The summed E-state index contributed by atoms with van der Waals surface area (Å²) >= 11 is -1.18. The van der Waals surface area contributed by atoms with Crippen LogP contribution in [-0.4, -0.2) is 39.7 Å². The van der Waals surface area contributed by atoms with Gasteiger partial charge in [0, 0.05) is 12.1 Å². The largest absolute Gasteiger partial charge is 0.614 e. The van der Waals surface area contributed by atoms with Crippen molar-refractivity contribution < 1.29 is 14.1 Å². The van der Waals surface area contributed by atoms with E-state index in [2.05, 4.69) is 12.2 Å². The first-order chi connectivity index (χ1) is 13.1. The molecule has 2 unspecified atom stereocenters. The molecule has 1 aliphatic rings. The summed E-state index contributed by atoms with van der Waals surface area (Å²) in [5, 5.41) is 2.54. The monoisotopic (exact) mass is 392 g/mol. The van der Waals surface area contributed by atoms with E-state index in [9.17, 15) is 14.1 Å². The van der Waals surface area contributed by atoms with Gasteiger partial charge in [-0.05, 0) is 17.6 Å². The molecule has 2 atom stereocenters. The predicted octanol–water partition coefficient (Wildman–Crippen LogP) is 3.36. The Kier molecular flexibility index (Phi) is 9.70. The first-order valence-corrected chi connectivity index (χ1v) is 11.5. The van der Waals surface area contributed by atoms with Gasteiger partial charge in [-0.1, -0.05) is 75.8 Å². The Morgan fingerprint density at radius 1 is 1.15 bits per heavy atom. The van der Waals surface area contributed by atoms with Gasteiger partial charge in [0.05, 0.1) is 6.42 Å². The van der Waals surface area contributed by atoms with E-state index < -0.39 is 11.2 Å². The normalized spacial score (nSPS) is 17.5. The van der Waals surface area contributed by atoms with Crippen LogP contribution in [0.15, 0.2) is 30.3 Å². The van der Waals surface area contributed by atoms with Crippen LogP contribution in [0.5, 0.6) is 0 Å². The maximum Gasteiger partial charge on any atom is 0.239 e. The molecule has 0 bridgehead atoms. The fraction of sp³-hybridized carbons (Fsp3) is 0.619. The second-order valence-corrected chi connectivity index (χ2v) is 8.76. The Balaban J connectivity index is 1.63. The average Bonchev–Trinajstić information content (AvgIpc) is 2.67. The van der Waals surface area contributed by atoms with E-state index >= 15 is 0 Å². The molecular weight excluding hydrogens is 360 g/mol. The SMILES string of the molecule is CCCCCCCCCNC(=O)CN1C(=O)CC1[S+]([O-])Cc1ccccc1. The lowest BCUT2D eigenvalue weighted by Gasteiger charge is -2.39. The van der Waals surface area contributed by atoms with Crippen molar-refractivity contribution in [1.82, 2.24) is 10.2 Å². The minimum atomic E-state index is -1.18. The molecule has 1 aliphatic heterocycles. The van der Waals surface area contributed by atoms with Crippen LogP contribution in [0, 0.1) is 0 Å². The fourth-order valence-corrected chi connectivity index (χ4v) is 4.72. The standard InChI is InChI=1S/C21H32N2O3S/c1-2-3-4-5-6-7-11-14-22-19(24)16-23-20(25)15-21(23)27(26)17-18-12-9-8-10-13-18/h8-10,12-13,21H,2-7,11,14-17H2,1H3,(H,22,24). The topological polar surface area (TPSA) is 72.5 Å². The van der Waals surface area contributed by atoms with Gasteiger partial charge in [0.15, 0.2) is 5.37 Å². The molecule has 0 radical (unpaired) electrons. The third-order valence-electron chi connectivity index (χ3n) is 4.89. The first kappa shape index (κ1) is 21.8. The van der Waals surface area contributed by atoms with E-state index in [1.165, 1.54) is 37.0 Å². The first-order valence-electron chi connectivity index (χ1n) is 10.1. The van der Waals surface area contributed by atoms with Crippen molar-refractivity contribution in [2.45, 2.75) is 69.4 Å². The van der Waals surface area contributed by atoms with Crippen molar-refractivity contribution in [1.29, 1.82) is 0 Å². The van der Waals surface area contributed by atoms with Gasteiger partial charge in [-0.25, -0.2) is 0 Å². The smallest absolute Gasteiger partial charge is 0.239 e. The summed E-state index contributed by atoms with van der Waals surface area (Å²) in [4.78, 5) is 25.4. The molecule has 1 saturated heterocycles. The molecule has 5 nitrogen and oxygen atoms in total. The highest BCUT2D eigenvalue weighted by Crippen LogP contribution is 2.26. The van der Waals surface area contributed by atoms with Crippen molar-refractivity contribution in [3.63, 3.8) is 0 Å². The van der Waals surface area contributed by atoms with Crippen LogP contribution in [0.4, 0.5) is 0 Å². The number of β-lactam (4-membered cyclic amide) rings is 1. The van der Waals surface area contributed by atoms with E-state index in [1.54, 1.807) is 0 Å². The van der Waals surface area contributed by atoms with E-state index in [0.717, 1.165) is 18.4 Å². The zero-order valence-corrected chi connectivity index (χ0v) is 17.1. The number of nitrogens with zero attached hydrogens (tertiary/aromatic N) is 1. The zero-order valence-electron chi connectivity index (χ0n) is 16.3. The minimum Gasteiger partial charge on any atom is -0.614 e. The van der Waals surface area contributed by atoms with Crippen molar-refractivity contribution in [2.75, 3.05) is 13.1 Å². The van der Waals surface area contributed by atoms with Gasteiger partial charge >= 0.3 is 0 Å². The second-order valence-electron chi connectivity index (χ2n) is 7.16. The highest BCUT2D eigenvalue weighted by atomic mass is 32.2. The number of benzene rings is 1. The lowest BCUT2D eigenvalue weighted by molar-refractivity contribution is -0.145. The number of amides is 2. The van der Waals surface area contributed by atoms with Crippen molar-refractivity contribution in [3.05, 3.63) is 35.9 Å². The predicted molar refractivity (Wildman–Crippen MR) is 109 cm³/mol. The number of unbranched alkanes of at least 4 members (excludes halogenated alkanes) is 6. The Morgan fingerprint density at radius 3 is 2.48 bits per heavy atom. The lowest BCUT2D eigenvalue weighted by Crippen LogP contribution is -2.59. The molecule has 150 valence electrons. The molecule has 0 spiro atoms. The summed E-state index contributed by atoms with van der Waals surface area (Å²) in [6.45, 7) is 2.87. The molecule has 0 saturated carbocycles. The maximum atomic E-state index is 12.5. The fourth-order valence-electron chi connectivity index (χ4n) is 3.21. The zero-order chi connectivity index (χ0) is 19.5. The molecule has 1 aromatic carbocycles. The summed E-state index contributed by atoms with van der Waals surface area (Å²) < 4.78 is 12.5. The van der Waals surface area contributed by atoms with Crippen LogP contribution in [0.1, 0.15) is 63.9 Å². The van der Waals surface area contributed by atoms with Gasteiger partial charge in [-0.2, -0.15) is 0 Å². The van der Waals surface area contributed by atoms with Crippen molar-refractivity contribution >= 4 is 23.0 Å². The summed E-state index contributed by atoms with van der Waals surface area (Å²) in [6, 6.07) is 9.59. The summed E-state index contributed by atoms with van der Waals surface area (Å²) in [6.07, 6.45) is 8.67. The van der Waals surface area contributed by atoms with Crippen molar-refractivity contribution in [3.8, 4) is 0 Å². The van der Waals surface area contributed by atoms with Gasteiger partial charge in [0.25, 0.3) is 0 Å². The van der Waals surface area contributed by atoms with Gasteiger partial charge in [-0.3, -0.25) is 14.5 Å².